The van der Waals surface area contributed by atoms with Crippen molar-refractivity contribution in [2.75, 3.05) is 5.32 Å². The molecule has 0 saturated carbocycles. The molecule has 0 bridgehead atoms. The summed E-state index contributed by atoms with van der Waals surface area (Å²) in [7, 11) is 0. The standard InChI is InChI=1S/C10H10BrClN2/c1-2-8(6-13)14-10-5-7(12)3-4-9(10)11/h3-5,8,14H,2H2,1H3. The summed E-state index contributed by atoms with van der Waals surface area (Å²) in [4.78, 5) is 0. The summed E-state index contributed by atoms with van der Waals surface area (Å²) in [6.45, 7) is 1.96. The average Bonchev–Trinajstić information content (AvgIpc) is 2.19. The normalized spacial score (nSPS) is 11.9. The SMILES string of the molecule is CCC(C#N)Nc1cc(Cl)ccc1Br. The van der Waals surface area contributed by atoms with Gasteiger partial charge in [0.15, 0.2) is 0 Å². The summed E-state index contributed by atoms with van der Waals surface area (Å²) >= 11 is 9.23. The maximum absolute atomic E-state index is 8.79. The second-order valence-corrected chi connectivity index (χ2v) is 4.15. The Bertz CT molecular complexity index is 360. The number of nitriles is 1. The van der Waals surface area contributed by atoms with Crippen LogP contribution >= 0.6 is 27.5 Å². The molecule has 1 aromatic rings. The third-order valence-corrected chi connectivity index (χ3v) is 2.75. The Morgan fingerprint density at radius 1 is 1.64 bits per heavy atom. The first-order chi connectivity index (χ1) is 6.67. The van der Waals surface area contributed by atoms with Crippen molar-refractivity contribution in [1.82, 2.24) is 0 Å². The van der Waals surface area contributed by atoms with Crippen molar-refractivity contribution in [2.45, 2.75) is 19.4 Å². The zero-order valence-electron chi connectivity index (χ0n) is 7.72. The fraction of sp³-hybridized carbons (Fsp3) is 0.300. The fourth-order valence-electron chi connectivity index (χ4n) is 1.02. The Morgan fingerprint density at radius 2 is 2.36 bits per heavy atom. The van der Waals surface area contributed by atoms with Gasteiger partial charge in [0.05, 0.1) is 11.8 Å². The highest BCUT2D eigenvalue weighted by Gasteiger charge is 2.06. The molecule has 0 aliphatic carbocycles. The highest BCUT2D eigenvalue weighted by Crippen LogP contribution is 2.26. The number of benzene rings is 1. The van der Waals surface area contributed by atoms with E-state index in [1.54, 1.807) is 12.1 Å². The van der Waals surface area contributed by atoms with E-state index in [2.05, 4.69) is 27.3 Å². The minimum atomic E-state index is -0.176. The number of rotatable bonds is 3. The van der Waals surface area contributed by atoms with Crippen molar-refractivity contribution < 1.29 is 0 Å². The summed E-state index contributed by atoms with van der Waals surface area (Å²) in [5.74, 6) is 0. The molecule has 1 N–H and O–H groups in total. The van der Waals surface area contributed by atoms with E-state index in [-0.39, 0.29) is 6.04 Å². The molecule has 0 amide bonds. The first-order valence-corrected chi connectivity index (χ1v) is 5.45. The van der Waals surface area contributed by atoms with Gasteiger partial charge in [0.1, 0.15) is 6.04 Å². The molecule has 1 atom stereocenters. The van der Waals surface area contributed by atoms with E-state index in [1.807, 2.05) is 13.0 Å². The molecule has 0 saturated heterocycles. The molecule has 14 heavy (non-hydrogen) atoms. The zero-order valence-corrected chi connectivity index (χ0v) is 10.1. The largest absolute Gasteiger partial charge is 0.369 e. The van der Waals surface area contributed by atoms with Crippen LogP contribution in [0.1, 0.15) is 13.3 Å². The molecule has 0 aliphatic heterocycles. The van der Waals surface area contributed by atoms with Crippen LogP contribution in [0.4, 0.5) is 5.69 Å². The Kier molecular flexibility index (Phi) is 4.24. The molecule has 1 rings (SSSR count). The zero-order chi connectivity index (χ0) is 10.6. The monoisotopic (exact) mass is 272 g/mol. The summed E-state index contributed by atoms with van der Waals surface area (Å²) in [5.41, 5.74) is 0.853. The van der Waals surface area contributed by atoms with Gasteiger partial charge < -0.3 is 5.32 Å². The van der Waals surface area contributed by atoms with E-state index < -0.39 is 0 Å². The third-order valence-electron chi connectivity index (χ3n) is 1.82. The van der Waals surface area contributed by atoms with Crippen molar-refractivity contribution in [3.05, 3.63) is 27.7 Å². The predicted octanol–water partition coefficient (Wildman–Crippen LogP) is 3.82. The van der Waals surface area contributed by atoms with Crippen molar-refractivity contribution in [3.63, 3.8) is 0 Å². The topological polar surface area (TPSA) is 35.8 Å². The fourth-order valence-corrected chi connectivity index (χ4v) is 1.55. The minimum absolute atomic E-state index is 0.176. The second kappa shape index (κ2) is 5.23. The lowest BCUT2D eigenvalue weighted by Gasteiger charge is -2.12. The second-order valence-electron chi connectivity index (χ2n) is 2.86. The summed E-state index contributed by atoms with van der Waals surface area (Å²) in [5, 5.41) is 12.5. The van der Waals surface area contributed by atoms with Gasteiger partial charge in [0.2, 0.25) is 0 Å². The molecule has 1 aromatic carbocycles. The Balaban J connectivity index is 2.86. The van der Waals surface area contributed by atoms with E-state index in [9.17, 15) is 0 Å². The molecule has 0 aromatic heterocycles. The lowest BCUT2D eigenvalue weighted by atomic mass is 10.2. The van der Waals surface area contributed by atoms with Gasteiger partial charge in [0, 0.05) is 9.50 Å². The third kappa shape index (κ3) is 2.90. The summed E-state index contributed by atoms with van der Waals surface area (Å²) in [6, 6.07) is 7.44. The molecule has 1 unspecified atom stereocenters. The summed E-state index contributed by atoms with van der Waals surface area (Å²) in [6.07, 6.45) is 0.759. The molecule has 0 aliphatic rings. The minimum Gasteiger partial charge on any atom is -0.369 e. The van der Waals surface area contributed by atoms with Crippen LogP contribution in [0.2, 0.25) is 5.02 Å². The van der Waals surface area contributed by atoms with Crippen LogP contribution in [-0.4, -0.2) is 6.04 Å². The van der Waals surface area contributed by atoms with Gasteiger partial charge in [-0.3, -0.25) is 0 Å². The van der Waals surface area contributed by atoms with Crippen LogP contribution < -0.4 is 5.32 Å². The molecule has 0 spiro atoms. The average molecular weight is 274 g/mol. The molecule has 2 nitrogen and oxygen atoms in total. The number of nitrogens with zero attached hydrogens (tertiary/aromatic N) is 1. The lowest BCUT2D eigenvalue weighted by molar-refractivity contribution is 0.844. The van der Waals surface area contributed by atoms with Crippen LogP contribution in [0.3, 0.4) is 0 Å². The smallest absolute Gasteiger partial charge is 0.114 e. The van der Waals surface area contributed by atoms with E-state index in [0.717, 1.165) is 16.6 Å². The van der Waals surface area contributed by atoms with Gasteiger partial charge in [-0.25, -0.2) is 0 Å². The van der Waals surface area contributed by atoms with Gasteiger partial charge in [0.25, 0.3) is 0 Å². The maximum Gasteiger partial charge on any atom is 0.114 e. The van der Waals surface area contributed by atoms with Crippen molar-refractivity contribution in [3.8, 4) is 6.07 Å². The van der Waals surface area contributed by atoms with Gasteiger partial charge in [-0.15, -0.1) is 0 Å². The van der Waals surface area contributed by atoms with Crippen LogP contribution in [0.15, 0.2) is 22.7 Å². The van der Waals surface area contributed by atoms with Gasteiger partial charge in [-0.2, -0.15) is 5.26 Å². The summed E-state index contributed by atoms with van der Waals surface area (Å²) < 4.78 is 0.913. The Labute approximate surface area is 97.0 Å². The number of hydrogen-bond donors (Lipinski definition) is 1. The molecular formula is C10H10BrClN2. The number of hydrogen-bond acceptors (Lipinski definition) is 2. The van der Waals surface area contributed by atoms with E-state index in [4.69, 9.17) is 16.9 Å². The van der Waals surface area contributed by atoms with E-state index in [1.165, 1.54) is 0 Å². The van der Waals surface area contributed by atoms with Gasteiger partial charge in [-0.05, 0) is 40.5 Å². The maximum atomic E-state index is 8.79. The molecular weight excluding hydrogens is 263 g/mol. The Morgan fingerprint density at radius 3 is 2.93 bits per heavy atom. The highest BCUT2D eigenvalue weighted by molar-refractivity contribution is 9.10. The molecule has 0 heterocycles. The Hall–Kier alpha value is -0.720. The van der Waals surface area contributed by atoms with Gasteiger partial charge >= 0.3 is 0 Å². The first kappa shape index (κ1) is 11.4. The van der Waals surface area contributed by atoms with Crippen molar-refractivity contribution >= 4 is 33.2 Å². The van der Waals surface area contributed by atoms with Crippen molar-refractivity contribution in [1.29, 1.82) is 5.26 Å². The molecule has 74 valence electrons. The first-order valence-electron chi connectivity index (χ1n) is 4.28. The van der Waals surface area contributed by atoms with Crippen LogP contribution in [0, 0.1) is 11.3 Å². The number of halogens is 2. The predicted molar refractivity (Wildman–Crippen MR) is 62.5 cm³/mol. The van der Waals surface area contributed by atoms with E-state index >= 15 is 0 Å². The van der Waals surface area contributed by atoms with Crippen LogP contribution in [-0.2, 0) is 0 Å². The van der Waals surface area contributed by atoms with Gasteiger partial charge in [-0.1, -0.05) is 18.5 Å². The van der Waals surface area contributed by atoms with Crippen LogP contribution in [0.5, 0.6) is 0 Å². The van der Waals surface area contributed by atoms with E-state index in [0.29, 0.717) is 5.02 Å². The lowest BCUT2D eigenvalue weighted by Crippen LogP contribution is -2.15. The van der Waals surface area contributed by atoms with Crippen molar-refractivity contribution in [2.24, 2.45) is 0 Å². The molecule has 4 heteroatoms. The quantitative estimate of drug-likeness (QED) is 0.909. The number of anilines is 1. The molecule has 0 radical (unpaired) electrons. The number of nitrogens with one attached hydrogen (secondary N) is 1. The highest BCUT2D eigenvalue weighted by atomic mass is 79.9. The molecule has 0 fully saturated rings. The van der Waals surface area contributed by atoms with Crippen LogP contribution in [0.25, 0.3) is 0 Å².